The van der Waals surface area contributed by atoms with Gasteiger partial charge in [-0.25, -0.2) is 0 Å². The van der Waals surface area contributed by atoms with E-state index in [1.165, 1.54) is 0 Å². The van der Waals surface area contributed by atoms with Gasteiger partial charge in [-0.05, 0) is 24.3 Å². The molecule has 0 unspecified atom stereocenters. The summed E-state index contributed by atoms with van der Waals surface area (Å²) in [6.07, 6.45) is 3.19. The van der Waals surface area contributed by atoms with Crippen molar-refractivity contribution in [3.05, 3.63) is 47.7 Å². The van der Waals surface area contributed by atoms with Crippen LogP contribution in [0.4, 0.5) is 17.1 Å². The number of nitrogens with one attached hydrogen (secondary N) is 1. The van der Waals surface area contributed by atoms with Gasteiger partial charge in [0.15, 0.2) is 0 Å². The number of hydrogen-bond acceptors (Lipinski definition) is 4. The molecule has 20 heavy (non-hydrogen) atoms. The molecule has 0 saturated carbocycles. The Kier molecular flexibility index (Phi) is 4.42. The minimum atomic E-state index is -0.147. The lowest BCUT2D eigenvalue weighted by Crippen LogP contribution is -2.30. The van der Waals surface area contributed by atoms with Gasteiger partial charge in [0.05, 0.1) is 24.1 Å². The summed E-state index contributed by atoms with van der Waals surface area (Å²) in [7, 11) is 1.79. The maximum absolute atomic E-state index is 12.0. The molecular weight excluding hydrogens is 276 g/mol. The standard InChI is InChI=1S/C14H15ClN4O/c1-19(13-5-6-17-8-12(13)16)9-14(20)18-11-4-2-3-10(15)7-11/h2-8H,9,16H2,1H3,(H,18,20). The minimum absolute atomic E-state index is 0.147. The highest BCUT2D eigenvalue weighted by Gasteiger charge is 2.10. The molecule has 0 aliphatic carbocycles. The predicted molar refractivity (Wildman–Crippen MR) is 82.0 cm³/mol. The van der Waals surface area contributed by atoms with Crippen LogP contribution in [0.25, 0.3) is 0 Å². The third kappa shape index (κ3) is 3.61. The number of pyridine rings is 1. The quantitative estimate of drug-likeness (QED) is 0.907. The molecule has 1 aromatic heterocycles. The summed E-state index contributed by atoms with van der Waals surface area (Å²) in [5.41, 5.74) is 7.78. The van der Waals surface area contributed by atoms with Crippen molar-refractivity contribution in [3.63, 3.8) is 0 Å². The van der Waals surface area contributed by atoms with Gasteiger partial charge < -0.3 is 16.0 Å². The molecule has 5 nitrogen and oxygen atoms in total. The number of nitrogens with two attached hydrogens (primary N) is 1. The zero-order chi connectivity index (χ0) is 14.5. The average molecular weight is 291 g/mol. The van der Waals surface area contributed by atoms with Crippen LogP contribution in [-0.2, 0) is 4.79 Å². The van der Waals surface area contributed by atoms with Crippen molar-refractivity contribution in [2.24, 2.45) is 0 Å². The van der Waals surface area contributed by atoms with E-state index >= 15 is 0 Å². The third-order valence-corrected chi connectivity index (χ3v) is 2.96. The summed E-state index contributed by atoms with van der Waals surface area (Å²) in [5, 5.41) is 3.36. The van der Waals surface area contributed by atoms with Gasteiger partial charge >= 0.3 is 0 Å². The van der Waals surface area contributed by atoms with Crippen LogP contribution >= 0.6 is 11.6 Å². The van der Waals surface area contributed by atoms with Crippen molar-refractivity contribution in [1.29, 1.82) is 0 Å². The number of anilines is 3. The predicted octanol–water partition coefficient (Wildman–Crippen LogP) is 2.39. The first-order valence-electron chi connectivity index (χ1n) is 6.02. The van der Waals surface area contributed by atoms with Gasteiger partial charge in [-0.15, -0.1) is 0 Å². The zero-order valence-corrected chi connectivity index (χ0v) is 11.8. The number of carbonyl (C=O) groups is 1. The molecule has 3 N–H and O–H groups in total. The summed E-state index contributed by atoms with van der Waals surface area (Å²) in [4.78, 5) is 17.6. The molecule has 0 radical (unpaired) electrons. The molecule has 104 valence electrons. The van der Waals surface area contributed by atoms with E-state index in [9.17, 15) is 4.79 Å². The fraction of sp³-hybridized carbons (Fsp3) is 0.143. The highest BCUT2D eigenvalue weighted by molar-refractivity contribution is 6.30. The highest BCUT2D eigenvalue weighted by atomic mass is 35.5. The zero-order valence-electron chi connectivity index (χ0n) is 11.0. The molecule has 1 heterocycles. The number of nitrogens with zero attached hydrogens (tertiary/aromatic N) is 2. The number of hydrogen-bond donors (Lipinski definition) is 2. The van der Waals surface area contributed by atoms with Crippen molar-refractivity contribution in [2.75, 3.05) is 29.5 Å². The molecule has 6 heteroatoms. The van der Waals surface area contributed by atoms with E-state index in [-0.39, 0.29) is 12.5 Å². The summed E-state index contributed by atoms with van der Waals surface area (Å²) in [5.74, 6) is -0.147. The van der Waals surface area contributed by atoms with Crippen LogP contribution in [0.2, 0.25) is 5.02 Å². The van der Waals surface area contributed by atoms with E-state index in [4.69, 9.17) is 17.3 Å². The fourth-order valence-electron chi connectivity index (χ4n) is 1.81. The van der Waals surface area contributed by atoms with Crippen LogP contribution in [-0.4, -0.2) is 24.5 Å². The summed E-state index contributed by atoms with van der Waals surface area (Å²) in [6.45, 7) is 0.181. The first-order chi connectivity index (χ1) is 9.56. The number of benzene rings is 1. The van der Waals surface area contributed by atoms with Crippen LogP contribution in [0.15, 0.2) is 42.7 Å². The molecule has 1 amide bonds. The Morgan fingerprint density at radius 2 is 2.25 bits per heavy atom. The molecule has 0 bridgehead atoms. The Morgan fingerprint density at radius 1 is 1.45 bits per heavy atom. The lowest BCUT2D eigenvalue weighted by atomic mass is 10.3. The Hall–Kier alpha value is -2.27. The van der Waals surface area contributed by atoms with Crippen molar-refractivity contribution in [3.8, 4) is 0 Å². The first-order valence-corrected chi connectivity index (χ1v) is 6.40. The molecule has 1 aromatic carbocycles. The Labute approximate surface area is 122 Å². The lowest BCUT2D eigenvalue weighted by molar-refractivity contribution is -0.114. The van der Waals surface area contributed by atoms with Crippen LogP contribution in [0.3, 0.4) is 0 Å². The largest absolute Gasteiger partial charge is 0.396 e. The van der Waals surface area contributed by atoms with Crippen molar-refractivity contribution in [2.45, 2.75) is 0 Å². The summed E-state index contributed by atoms with van der Waals surface area (Å²) < 4.78 is 0. The van der Waals surface area contributed by atoms with E-state index in [0.717, 1.165) is 5.69 Å². The minimum Gasteiger partial charge on any atom is -0.396 e. The molecule has 0 atom stereocenters. The van der Waals surface area contributed by atoms with Crippen LogP contribution in [0.1, 0.15) is 0 Å². The number of aromatic nitrogens is 1. The first kappa shape index (κ1) is 14.1. The second kappa shape index (κ2) is 6.25. The lowest BCUT2D eigenvalue weighted by Gasteiger charge is -2.20. The van der Waals surface area contributed by atoms with E-state index in [1.807, 2.05) is 0 Å². The topological polar surface area (TPSA) is 71.2 Å². The molecular formula is C14H15ClN4O. The smallest absolute Gasteiger partial charge is 0.243 e. The van der Waals surface area contributed by atoms with Gasteiger partial charge in [0.2, 0.25) is 5.91 Å². The van der Waals surface area contributed by atoms with E-state index in [0.29, 0.717) is 16.4 Å². The Morgan fingerprint density at radius 3 is 2.95 bits per heavy atom. The summed E-state index contributed by atoms with van der Waals surface area (Å²) in [6, 6.07) is 8.77. The van der Waals surface area contributed by atoms with Crippen LogP contribution in [0.5, 0.6) is 0 Å². The third-order valence-electron chi connectivity index (χ3n) is 2.73. The molecule has 0 saturated heterocycles. The molecule has 2 aromatic rings. The molecule has 0 aliphatic rings. The van der Waals surface area contributed by atoms with Crippen LogP contribution < -0.4 is 16.0 Å². The molecule has 0 fully saturated rings. The number of amides is 1. The van der Waals surface area contributed by atoms with Gasteiger partial charge in [0.25, 0.3) is 0 Å². The maximum atomic E-state index is 12.0. The number of nitrogen functional groups attached to an aromatic ring is 1. The number of halogens is 1. The van der Waals surface area contributed by atoms with Crippen molar-refractivity contribution >= 4 is 34.6 Å². The van der Waals surface area contributed by atoms with Gasteiger partial charge in [-0.1, -0.05) is 17.7 Å². The summed E-state index contributed by atoms with van der Waals surface area (Å²) >= 11 is 5.87. The second-order valence-electron chi connectivity index (χ2n) is 4.35. The fourth-order valence-corrected chi connectivity index (χ4v) is 2.00. The number of rotatable bonds is 4. The van der Waals surface area contributed by atoms with Gasteiger partial charge in [0.1, 0.15) is 0 Å². The average Bonchev–Trinajstić information content (AvgIpc) is 2.38. The number of carbonyl (C=O) groups excluding carboxylic acids is 1. The highest BCUT2D eigenvalue weighted by Crippen LogP contribution is 2.20. The van der Waals surface area contributed by atoms with Gasteiger partial charge in [0, 0.05) is 24.0 Å². The van der Waals surface area contributed by atoms with E-state index in [1.54, 1.807) is 54.7 Å². The Balaban J connectivity index is 2.00. The van der Waals surface area contributed by atoms with Crippen molar-refractivity contribution < 1.29 is 4.79 Å². The van der Waals surface area contributed by atoms with Crippen LogP contribution in [0, 0.1) is 0 Å². The second-order valence-corrected chi connectivity index (χ2v) is 4.79. The Bertz CT molecular complexity index is 618. The SMILES string of the molecule is CN(CC(=O)Nc1cccc(Cl)c1)c1ccncc1N. The van der Waals surface area contributed by atoms with E-state index < -0.39 is 0 Å². The molecule has 0 spiro atoms. The monoisotopic (exact) mass is 290 g/mol. The molecule has 2 rings (SSSR count). The normalized spacial score (nSPS) is 10.1. The maximum Gasteiger partial charge on any atom is 0.243 e. The number of likely N-dealkylation sites (N-methyl/N-ethyl adjacent to an activating group) is 1. The van der Waals surface area contributed by atoms with E-state index in [2.05, 4.69) is 10.3 Å². The van der Waals surface area contributed by atoms with Gasteiger partial charge in [-0.2, -0.15) is 0 Å². The van der Waals surface area contributed by atoms with Crippen molar-refractivity contribution in [1.82, 2.24) is 4.98 Å². The molecule has 0 aliphatic heterocycles. The van der Waals surface area contributed by atoms with Gasteiger partial charge in [-0.3, -0.25) is 9.78 Å².